The number of aromatic nitrogens is 2. The zero-order valence-electron chi connectivity index (χ0n) is 9.18. The summed E-state index contributed by atoms with van der Waals surface area (Å²) in [5.41, 5.74) is 3.92. The molecule has 4 nitrogen and oxygen atoms in total. The van der Waals surface area contributed by atoms with Crippen molar-refractivity contribution in [2.45, 2.75) is 12.5 Å². The van der Waals surface area contributed by atoms with Gasteiger partial charge in [-0.2, -0.15) is 0 Å². The van der Waals surface area contributed by atoms with Crippen LogP contribution in [0.4, 0.5) is 4.39 Å². The van der Waals surface area contributed by atoms with Crippen LogP contribution >= 0.6 is 0 Å². The van der Waals surface area contributed by atoms with Crippen LogP contribution in [-0.2, 0) is 6.42 Å². The van der Waals surface area contributed by atoms with Gasteiger partial charge in [0.1, 0.15) is 5.82 Å². The second-order valence-electron chi connectivity index (χ2n) is 3.65. The first-order chi connectivity index (χ1) is 8.31. The summed E-state index contributed by atoms with van der Waals surface area (Å²) in [7, 11) is 0. The SMILES string of the molecule is NNC(Cc1ccccc1F)c1cnccn1. The molecule has 3 N–H and O–H groups in total. The molecule has 0 fully saturated rings. The zero-order valence-corrected chi connectivity index (χ0v) is 9.18. The van der Waals surface area contributed by atoms with Gasteiger partial charge in [-0.3, -0.25) is 21.2 Å². The van der Waals surface area contributed by atoms with Gasteiger partial charge in [0.05, 0.1) is 17.9 Å². The summed E-state index contributed by atoms with van der Waals surface area (Å²) in [6.07, 6.45) is 5.22. The average Bonchev–Trinajstić information content (AvgIpc) is 2.39. The molecule has 1 atom stereocenters. The fourth-order valence-electron chi connectivity index (χ4n) is 1.62. The maximum atomic E-state index is 13.5. The average molecular weight is 232 g/mol. The number of hydrazine groups is 1. The lowest BCUT2D eigenvalue weighted by molar-refractivity contribution is 0.517. The smallest absolute Gasteiger partial charge is 0.126 e. The summed E-state index contributed by atoms with van der Waals surface area (Å²) < 4.78 is 13.5. The van der Waals surface area contributed by atoms with E-state index in [1.165, 1.54) is 6.07 Å². The Morgan fingerprint density at radius 1 is 1.29 bits per heavy atom. The molecule has 0 radical (unpaired) electrons. The Morgan fingerprint density at radius 2 is 2.12 bits per heavy atom. The highest BCUT2D eigenvalue weighted by molar-refractivity contribution is 5.20. The number of nitrogens with two attached hydrogens (primary N) is 1. The molecule has 1 heterocycles. The third-order valence-corrected chi connectivity index (χ3v) is 2.52. The van der Waals surface area contributed by atoms with Crippen molar-refractivity contribution in [2.24, 2.45) is 5.84 Å². The second kappa shape index (κ2) is 5.47. The predicted molar refractivity (Wildman–Crippen MR) is 62.2 cm³/mol. The van der Waals surface area contributed by atoms with Gasteiger partial charge in [0.25, 0.3) is 0 Å². The van der Waals surface area contributed by atoms with Crippen LogP contribution in [-0.4, -0.2) is 9.97 Å². The molecule has 88 valence electrons. The Morgan fingerprint density at radius 3 is 2.76 bits per heavy atom. The first kappa shape index (κ1) is 11.6. The summed E-state index contributed by atoms with van der Waals surface area (Å²) in [6, 6.07) is 6.37. The van der Waals surface area contributed by atoms with E-state index < -0.39 is 0 Å². The molecule has 1 aromatic carbocycles. The molecule has 2 rings (SSSR count). The van der Waals surface area contributed by atoms with E-state index in [2.05, 4.69) is 15.4 Å². The normalized spacial score (nSPS) is 12.4. The summed E-state index contributed by atoms with van der Waals surface area (Å²) in [5.74, 6) is 5.22. The highest BCUT2D eigenvalue weighted by Crippen LogP contribution is 2.17. The van der Waals surface area contributed by atoms with Crippen LogP contribution < -0.4 is 11.3 Å². The number of hydrogen-bond acceptors (Lipinski definition) is 4. The van der Waals surface area contributed by atoms with E-state index in [0.717, 1.165) is 0 Å². The largest absolute Gasteiger partial charge is 0.271 e. The molecule has 5 heteroatoms. The van der Waals surface area contributed by atoms with Gasteiger partial charge >= 0.3 is 0 Å². The van der Waals surface area contributed by atoms with Crippen molar-refractivity contribution in [1.82, 2.24) is 15.4 Å². The Balaban J connectivity index is 2.19. The first-order valence-corrected chi connectivity index (χ1v) is 5.26. The molecule has 0 saturated carbocycles. The minimum atomic E-state index is -0.249. The van der Waals surface area contributed by atoms with Crippen LogP contribution in [0, 0.1) is 5.82 Å². The van der Waals surface area contributed by atoms with Crippen LogP contribution in [0.5, 0.6) is 0 Å². The van der Waals surface area contributed by atoms with Crippen LogP contribution in [0.2, 0.25) is 0 Å². The Kier molecular flexibility index (Phi) is 3.74. The zero-order chi connectivity index (χ0) is 12.1. The maximum absolute atomic E-state index is 13.5. The highest BCUT2D eigenvalue weighted by Gasteiger charge is 2.13. The lowest BCUT2D eigenvalue weighted by Crippen LogP contribution is -2.30. The molecule has 1 aromatic heterocycles. The summed E-state index contributed by atoms with van der Waals surface area (Å²) >= 11 is 0. The number of hydrogen-bond donors (Lipinski definition) is 2. The third-order valence-electron chi connectivity index (χ3n) is 2.52. The summed E-state index contributed by atoms with van der Waals surface area (Å²) in [4.78, 5) is 8.11. The molecule has 0 spiro atoms. The van der Waals surface area contributed by atoms with Crippen molar-refractivity contribution in [3.05, 3.63) is 59.9 Å². The highest BCUT2D eigenvalue weighted by atomic mass is 19.1. The molecule has 0 bridgehead atoms. The van der Waals surface area contributed by atoms with Crippen molar-refractivity contribution < 1.29 is 4.39 Å². The minimum absolute atomic E-state index is 0.239. The summed E-state index contributed by atoms with van der Waals surface area (Å²) in [5, 5.41) is 0. The van der Waals surface area contributed by atoms with Gasteiger partial charge in [-0.25, -0.2) is 4.39 Å². The van der Waals surface area contributed by atoms with Gasteiger partial charge in [0.15, 0.2) is 0 Å². The number of nitrogens with one attached hydrogen (secondary N) is 1. The van der Waals surface area contributed by atoms with Gasteiger partial charge in [-0.05, 0) is 18.1 Å². The second-order valence-corrected chi connectivity index (χ2v) is 3.65. The Hall–Kier alpha value is -1.85. The van der Waals surface area contributed by atoms with E-state index in [9.17, 15) is 4.39 Å². The van der Waals surface area contributed by atoms with Crippen LogP contribution in [0.1, 0.15) is 17.3 Å². The quantitative estimate of drug-likeness (QED) is 0.617. The van der Waals surface area contributed by atoms with E-state index in [-0.39, 0.29) is 11.9 Å². The number of benzene rings is 1. The minimum Gasteiger partial charge on any atom is -0.271 e. The van der Waals surface area contributed by atoms with Crippen molar-refractivity contribution in [1.29, 1.82) is 0 Å². The molecule has 0 aliphatic rings. The van der Waals surface area contributed by atoms with Gasteiger partial charge in [-0.1, -0.05) is 18.2 Å². The van der Waals surface area contributed by atoms with Crippen LogP contribution in [0.25, 0.3) is 0 Å². The molecule has 17 heavy (non-hydrogen) atoms. The number of nitrogens with zero attached hydrogens (tertiary/aromatic N) is 2. The number of rotatable bonds is 4. The fraction of sp³-hybridized carbons (Fsp3) is 0.167. The molecular formula is C12H13FN4. The van der Waals surface area contributed by atoms with E-state index in [0.29, 0.717) is 17.7 Å². The first-order valence-electron chi connectivity index (χ1n) is 5.26. The predicted octanol–water partition coefficient (Wildman–Crippen LogP) is 1.36. The van der Waals surface area contributed by atoms with Gasteiger partial charge in [0, 0.05) is 12.4 Å². The van der Waals surface area contributed by atoms with Crippen molar-refractivity contribution in [3.63, 3.8) is 0 Å². The van der Waals surface area contributed by atoms with Gasteiger partial charge in [-0.15, -0.1) is 0 Å². The molecule has 0 aliphatic carbocycles. The van der Waals surface area contributed by atoms with Crippen molar-refractivity contribution in [2.75, 3.05) is 0 Å². The Bertz CT molecular complexity index is 475. The third kappa shape index (κ3) is 2.83. The molecule has 0 aliphatic heterocycles. The van der Waals surface area contributed by atoms with E-state index in [1.807, 2.05) is 0 Å². The van der Waals surface area contributed by atoms with Crippen molar-refractivity contribution in [3.8, 4) is 0 Å². The van der Waals surface area contributed by atoms with E-state index in [1.54, 1.807) is 36.8 Å². The van der Waals surface area contributed by atoms with E-state index >= 15 is 0 Å². The summed E-state index contributed by atoms with van der Waals surface area (Å²) in [6.45, 7) is 0. The standard InChI is InChI=1S/C12H13FN4/c13-10-4-2-1-3-9(10)7-11(17-14)12-8-15-5-6-16-12/h1-6,8,11,17H,7,14H2. The monoisotopic (exact) mass is 232 g/mol. The maximum Gasteiger partial charge on any atom is 0.126 e. The van der Waals surface area contributed by atoms with Crippen LogP contribution in [0.15, 0.2) is 42.9 Å². The molecular weight excluding hydrogens is 219 g/mol. The van der Waals surface area contributed by atoms with Crippen molar-refractivity contribution >= 4 is 0 Å². The fourth-order valence-corrected chi connectivity index (χ4v) is 1.62. The molecule has 1 unspecified atom stereocenters. The lowest BCUT2D eigenvalue weighted by atomic mass is 10.0. The Labute approximate surface area is 98.7 Å². The molecule has 0 amide bonds. The van der Waals surface area contributed by atoms with Gasteiger partial charge in [0.2, 0.25) is 0 Å². The van der Waals surface area contributed by atoms with E-state index in [4.69, 9.17) is 5.84 Å². The molecule has 0 saturated heterocycles. The number of halogens is 1. The van der Waals surface area contributed by atoms with Crippen LogP contribution in [0.3, 0.4) is 0 Å². The molecule has 2 aromatic rings. The topological polar surface area (TPSA) is 63.8 Å². The lowest BCUT2D eigenvalue weighted by Gasteiger charge is -2.15. The van der Waals surface area contributed by atoms with Gasteiger partial charge < -0.3 is 0 Å².